The summed E-state index contributed by atoms with van der Waals surface area (Å²) in [4.78, 5) is 17.0. The fraction of sp³-hybridized carbons (Fsp3) is 0.0816. The first-order valence-electron chi connectivity index (χ1n) is 18.0. The second kappa shape index (κ2) is 14.2. The number of allylic oxidation sites excluding steroid dienone is 2. The Balaban J connectivity index is 1.13. The standard InChI is InChI=1S/C49H40N2O2/c1-35(2)48(52)53-47-17-11-16-44(34-47)50(45-28-22-36-12-5-7-14-40(36)32-45)42-24-18-38(19-25-42)39-20-26-43(27-21-39)51(49(3)30-9-4-10-31-49)46-29-23-37-13-6-8-15-41(37)33-46/h4-30,32-34H,1,31H2,2-3H3. The number of benzene rings is 7. The molecule has 4 heteroatoms. The Morgan fingerprint density at radius 2 is 1.13 bits per heavy atom. The summed E-state index contributed by atoms with van der Waals surface area (Å²) in [6.07, 6.45) is 9.74. The number of hydrogen-bond acceptors (Lipinski definition) is 4. The zero-order valence-corrected chi connectivity index (χ0v) is 29.9. The van der Waals surface area contributed by atoms with E-state index in [0.717, 1.165) is 51.4 Å². The van der Waals surface area contributed by atoms with Crippen LogP contribution in [0, 0.1) is 0 Å². The highest BCUT2D eigenvalue weighted by molar-refractivity contribution is 5.91. The molecule has 0 N–H and O–H groups in total. The average molecular weight is 689 g/mol. The van der Waals surface area contributed by atoms with Crippen molar-refractivity contribution in [1.29, 1.82) is 0 Å². The molecule has 1 aliphatic rings. The molecule has 0 radical (unpaired) electrons. The summed E-state index contributed by atoms with van der Waals surface area (Å²) in [5, 5.41) is 4.77. The summed E-state index contributed by atoms with van der Waals surface area (Å²) in [5.74, 6) is 0.0145. The molecule has 1 aliphatic carbocycles. The van der Waals surface area contributed by atoms with Gasteiger partial charge in [0.25, 0.3) is 0 Å². The van der Waals surface area contributed by atoms with Crippen LogP contribution in [-0.4, -0.2) is 11.5 Å². The predicted octanol–water partition coefficient (Wildman–Crippen LogP) is 13.0. The Bertz CT molecular complexity index is 2530. The van der Waals surface area contributed by atoms with Gasteiger partial charge in [-0.3, -0.25) is 0 Å². The third-order valence-electron chi connectivity index (χ3n) is 9.95. The van der Waals surface area contributed by atoms with Gasteiger partial charge in [0.05, 0.1) is 5.54 Å². The largest absolute Gasteiger partial charge is 0.423 e. The Morgan fingerprint density at radius 3 is 1.74 bits per heavy atom. The van der Waals surface area contributed by atoms with Gasteiger partial charge in [-0.1, -0.05) is 122 Å². The topological polar surface area (TPSA) is 32.8 Å². The molecule has 0 bridgehead atoms. The van der Waals surface area contributed by atoms with E-state index in [9.17, 15) is 4.79 Å². The van der Waals surface area contributed by atoms with E-state index in [4.69, 9.17) is 4.74 Å². The number of anilines is 5. The van der Waals surface area contributed by atoms with E-state index in [1.807, 2.05) is 18.2 Å². The predicted molar refractivity (Wildman–Crippen MR) is 222 cm³/mol. The van der Waals surface area contributed by atoms with Gasteiger partial charge < -0.3 is 14.5 Å². The van der Waals surface area contributed by atoms with Gasteiger partial charge in [-0.05, 0) is 114 Å². The first kappa shape index (κ1) is 33.5. The van der Waals surface area contributed by atoms with E-state index in [0.29, 0.717) is 11.3 Å². The number of rotatable bonds is 9. The van der Waals surface area contributed by atoms with Crippen LogP contribution >= 0.6 is 0 Å². The summed E-state index contributed by atoms with van der Waals surface area (Å²) >= 11 is 0. The summed E-state index contributed by atoms with van der Waals surface area (Å²) in [6, 6.07) is 55.2. The maximum atomic E-state index is 12.4. The van der Waals surface area contributed by atoms with Crippen molar-refractivity contribution in [2.45, 2.75) is 25.8 Å². The van der Waals surface area contributed by atoms with E-state index >= 15 is 0 Å². The molecule has 0 aliphatic heterocycles. The molecule has 53 heavy (non-hydrogen) atoms. The molecular weight excluding hydrogens is 649 g/mol. The van der Waals surface area contributed by atoms with E-state index in [1.165, 1.54) is 16.2 Å². The van der Waals surface area contributed by atoms with Crippen LogP contribution < -0.4 is 14.5 Å². The maximum absolute atomic E-state index is 12.4. The zero-order chi connectivity index (χ0) is 36.4. The molecule has 0 saturated carbocycles. The number of fused-ring (bicyclic) bond motifs is 2. The van der Waals surface area contributed by atoms with Crippen molar-refractivity contribution in [3.63, 3.8) is 0 Å². The molecule has 258 valence electrons. The maximum Gasteiger partial charge on any atom is 0.338 e. The van der Waals surface area contributed by atoms with Crippen LogP contribution in [0.5, 0.6) is 5.75 Å². The van der Waals surface area contributed by atoms with Crippen molar-refractivity contribution in [3.8, 4) is 16.9 Å². The van der Waals surface area contributed by atoms with Crippen molar-refractivity contribution >= 4 is 56.0 Å². The van der Waals surface area contributed by atoms with Gasteiger partial charge in [-0.25, -0.2) is 4.79 Å². The van der Waals surface area contributed by atoms with Gasteiger partial charge in [-0.2, -0.15) is 0 Å². The average Bonchev–Trinajstić information content (AvgIpc) is 3.19. The van der Waals surface area contributed by atoms with Crippen LogP contribution in [0.2, 0.25) is 0 Å². The summed E-state index contributed by atoms with van der Waals surface area (Å²) in [5.41, 5.74) is 7.54. The highest BCUT2D eigenvalue weighted by atomic mass is 16.5. The molecule has 0 saturated heterocycles. The number of carbonyl (C=O) groups is 1. The van der Waals surface area contributed by atoms with Crippen molar-refractivity contribution in [1.82, 2.24) is 0 Å². The highest BCUT2D eigenvalue weighted by Gasteiger charge is 2.31. The van der Waals surface area contributed by atoms with Gasteiger partial charge in [0.1, 0.15) is 5.75 Å². The third kappa shape index (κ3) is 6.87. The lowest BCUT2D eigenvalue weighted by Crippen LogP contribution is -2.42. The molecular formula is C49H40N2O2. The van der Waals surface area contributed by atoms with Crippen molar-refractivity contribution in [3.05, 3.63) is 194 Å². The van der Waals surface area contributed by atoms with Crippen molar-refractivity contribution < 1.29 is 9.53 Å². The molecule has 0 aromatic heterocycles. The van der Waals surface area contributed by atoms with E-state index < -0.39 is 5.97 Å². The number of esters is 1. The Labute approximate surface area is 311 Å². The first-order valence-corrected chi connectivity index (χ1v) is 18.0. The number of carbonyl (C=O) groups excluding carboxylic acids is 1. The molecule has 1 unspecified atom stereocenters. The molecule has 7 aromatic carbocycles. The van der Waals surface area contributed by atoms with Crippen molar-refractivity contribution in [2.75, 3.05) is 9.80 Å². The molecule has 4 nitrogen and oxygen atoms in total. The second-order valence-electron chi connectivity index (χ2n) is 13.8. The van der Waals surface area contributed by atoms with Crippen LogP contribution in [0.25, 0.3) is 32.7 Å². The molecule has 1 atom stereocenters. The molecule has 0 spiro atoms. The lowest BCUT2D eigenvalue weighted by Gasteiger charge is -2.42. The molecule has 8 rings (SSSR count). The molecule has 0 amide bonds. The summed E-state index contributed by atoms with van der Waals surface area (Å²) in [6.45, 7) is 7.69. The lowest BCUT2D eigenvalue weighted by molar-refractivity contribution is -0.130. The van der Waals surface area contributed by atoms with Crippen LogP contribution in [0.3, 0.4) is 0 Å². The smallest absolute Gasteiger partial charge is 0.338 e. The van der Waals surface area contributed by atoms with Crippen LogP contribution in [0.15, 0.2) is 194 Å². The fourth-order valence-electron chi connectivity index (χ4n) is 7.19. The van der Waals surface area contributed by atoms with E-state index in [1.54, 1.807) is 13.0 Å². The first-order chi connectivity index (χ1) is 25.8. The quantitative estimate of drug-likeness (QED) is 0.0858. The van der Waals surface area contributed by atoms with Gasteiger partial charge in [0.15, 0.2) is 0 Å². The Kier molecular flexibility index (Phi) is 8.95. The number of hydrogen-bond donors (Lipinski definition) is 0. The minimum atomic E-state index is -0.448. The minimum Gasteiger partial charge on any atom is -0.423 e. The third-order valence-corrected chi connectivity index (χ3v) is 9.95. The zero-order valence-electron chi connectivity index (χ0n) is 29.9. The van der Waals surface area contributed by atoms with E-state index in [-0.39, 0.29) is 5.54 Å². The second-order valence-corrected chi connectivity index (χ2v) is 13.8. The van der Waals surface area contributed by atoms with E-state index in [2.05, 4.69) is 181 Å². The van der Waals surface area contributed by atoms with Gasteiger partial charge in [-0.15, -0.1) is 0 Å². The summed E-state index contributed by atoms with van der Waals surface area (Å²) < 4.78 is 5.63. The SMILES string of the molecule is C=C(C)C(=O)Oc1cccc(N(c2ccc(-c3ccc(N(c4ccc5ccccc5c4)C4(C)C=CC=CC4)cc3)cc2)c2ccc3ccccc3c2)c1. The van der Waals surface area contributed by atoms with Gasteiger partial charge in [0.2, 0.25) is 0 Å². The minimum absolute atomic E-state index is 0.216. The lowest BCUT2D eigenvalue weighted by atomic mass is 9.89. The highest BCUT2D eigenvalue weighted by Crippen LogP contribution is 2.41. The molecule has 7 aromatic rings. The monoisotopic (exact) mass is 688 g/mol. The van der Waals surface area contributed by atoms with Gasteiger partial charge >= 0.3 is 5.97 Å². The van der Waals surface area contributed by atoms with Crippen LogP contribution in [0.4, 0.5) is 28.4 Å². The van der Waals surface area contributed by atoms with Gasteiger partial charge in [0, 0.05) is 40.1 Å². The van der Waals surface area contributed by atoms with Crippen LogP contribution in [-0.2, 0) is 4.79 Å². The number of ether oxygens (including phenoxy) is 1. The molecule has 0 heterocycles. The Hall–Kier alpha value is -6.65. The van der Waals surface area contributed by atoms with Crippen LogP contribution in [0.1, 0.15) is 20.3 Å². The molecule has 0 fully saturated rings. The fourth-order valence-corrected chi connectivity index (χ4v) is 7.19. The van der Waals surface area contributed by atoms with Crippen molar-refractivity contribution in [2.24, 2.45) is 0 Å². The number of nitrogens with zero attached hydrogens (tertiary/aromatic N) is 2. The Morgan fingerprint density at radius 1 is 0.585 bits per heavy atom. The summed E-state index contributed by atoms with van der Waals surface area (Å²) in [7, 11) is 0. The normalized spacial score (nSPS) is 15.0.